The van der Waals surface area contributed by atoms with E-state index in [1.807, 2.05) is 11.4 Å². The van der Waals surface area contributed by atoms with E-state index in [2.05, 4.69) is 27.6 Å². The van der Waals surface area contributed by atoms with Crippen LogP contribution in [-0.4, -0.2) is 4.98 Å². The lowest BCUT2D eigenvalue weighted by atomic mass is 10.0. The molecule has 0 fully saturated rings. The van der Waals surface area contributed by atoms with Gasteiger partial charge in [-0.15, -0.1) is 11.3 Å². The minimum atomic E-state index is -0.354. The van der Waals surface area contributed by atoms with E-state index in [1.54, 1.807) is 17.5 Å². The van der Waals surface area contributed by atoms with Crippen molar-refractivity contribution in [3.63, 3.8) is 0 Å². The second-order valence-electron chi connectivity index (χ2n) is 3.10. The number of nitrogens with zero attached hydrogens (tertiary/aromatic N) is 1. The van der Waals surface area contributed by atoms with Gasteiger partial charge >= 0.3 is 0 Å². The zero-order valence-electron chi connectivity index (χ0n) is 7.65. The fourth-order valence-electron chi connectivity index (χ4n) is 1.28. The summed E-state index contributed by atoms with van der Waals surface area (Å²) in [5.41, 5.74) is 7.69. The SMILES string of the molecule is NC(c1cncc(F)c1)c1csc(I)c1. The average Bonchev–Trinajstić information content (AvgIpc) is 2.64. The molecule has 0 saturated carbocycles. The summed E-state index contributed by atoms with van der Waals surface area (Å²) < 4.78 is 14.1. The van der Waals surface area contributed by atoms with E-state index in [-0.39, 0.29) is 11.9 Å². The first-order valence-electron chi connectivity index (χ1n) is 4.27. The summed E-state index contributed by atoms with van der Waals surface area (Å²) in [7, 11) is 0. The molecule has 0 aliphatic heterocycles. The second-order valence-corrected chi connectivity index (χ2v) is 5.90. The quantitative estimate of drug-likeness (QED) is 0.858. The van der Waals surface area contributed by atoms with E-state index >= 15 is 0 Å². The first kappa shape index (κ1) is 11.0. The fourth-order valence-corrected chi connectivity index (χ4v) is 2.69. The maximum absolute atomic E-state index is 12.9. The van der Waals surface area contributed by atoms with Gasteiger partial charge in [-0.1, -0.05) is 0 Å². The first-order valence-corrected chi connectivity index (χ1v) is 6.22. The van der Waals surface area contributed by atoms with Crippen LogP contribution in [0.15, 0.2) is 29.9 Å². The average molecular weight is 334 g/mol. The van der Waals surface area contributed by atoms with Crippen LogP contribution in [0, 0.1) is 8.70 Å². The van der Waals surface area contributed by atoms with Crippen LogP contribution in [0.25, 0.3) is 0 Å². The molecule has 0 saturated heterocycles. The summed E-state index contributed by atoms with van der Waals surface area (Å²) in [6, 6.07) is 3.12. The molecule has 2 nitrogen and oxygen atoms in total. The van der Waals surface area contributed by atoms with Gasteiger partial charge in [0.05, 0.1) is 15.1 Å². The summed E-state index contributed by atoms with van der Waals surface area (Å²) in [5, 5.41) is 1.98. The van der Waals surface area contributed by atoms with Crippen molar-refractivity contribution in [2.75, 3.05) is 0 Å². The minimum absolute atomic E-state index is 0.298. The molecular formula is C10H8FIN2S. The lowest BCUT2D eigenvalue weighted by Gasteiger charge is -2.09. The molecular weight excluding hydrogens is 326 g/mol. The third kappa shape index (κ3) is 2.53. The van der Waals surface area contributed by atoms with Crippen molar-refractivity contribution >= 4 is 33.9 Å². The summed E-state index contributed by atoms with van der Waals surface area (Å²) in [5.74, 6) is -0.354. The number of pyridine rings is 1. The van der Waals surface area contributed by atoms with Gasteiger partial charge in [0.25, 0.3) is 0 Å². The number of aromatic nitrogens is 1. The maximum atomic E-state index is 12.9. The Hall–Kier alpha value is -0.530. The van der Waals surface area contributed by atoms with E-state index in [0.29, 0.717) is 5.56 Å². The third-order valence-corrected chi connectivity index (χ3v) is 3.84. The molecule has 15 heavy (non-hydrogen) atoms. The van der Waals surface area contributed by atoms with Gasteiger partial charge < -0.3 is 5.73 Å². The molecule has 2 heterocycles. The van der Waals surface area contributed by atoms with E-state index < -0.39 is 0 Å². The van der Waals surface area contributed by atoms with Crippen molar-refractivity contribution in [1.82, 2.24) is 4.98 Å². The van der Waals surface area contributed by atoms with E-state index in [1.165, 1.54) is 15.1 Å². The van der Waals surface area contributed by atoms with Crippen molar-refractivity contribution < 1.29 is 4.39 Å². The second kappa shape index (κ2) is 4.54. The molecule has 0 bridgehead atoms. The van der Waals surface area contributed by atoms with Crippen LogP contribution in [0.4, 0.5) is 4.39 Å². The number of nitrogens with two attached hydrogens (primary N) is 1. The van der Waals surface area contributed by atoms with Gasteiger partial charge in [0.1, 0.15) is 5.82 Å². The standard InChI is InChI=1S/C10H8FIN2S/c11-8-1-6(3-14-4-8)10(13)7-2-9(12)15-5-7/h1-5,10H,13H2. The van der Waals surface area contributed by atoms with Crippen LogP contribution in [0.5, 0.6) is 0 Å². The fraction of sp³-hybridized carbons (Fsp3) is 0.100. The topological polar surface area (TPSA) is 38.9 Å². The lowest BCUT2D eigenvalue weighted by Crippen LogP contribution is -2.11. The maximum Gasteiger partial charge on any atom is 0.141 e. The van der Waals surface area contributed by atoms with Crippen LogP contribution >= 0.6 is 33.9 Å². The Morgan fingerprint density at radius 2 is 2.13 bits per heavy atom. The number of hydrogen-bond acceptors (Lipinski definition) is 3. The summed E-state index contributed by atoms with van der Waals surface area (Å²) in [6.45, 7) is 0. The Bertz CT molecular complexity index is 472. The van der Waals surface area contributed by atoms with Gasteiger partial charge in [-0.3, -0.25) is 4.98 Å². The molecule has 5 heteroatoms. The molecule has 78 valence electrons. The Morgan fingerprint density at radius 3 is 2.73 bits per heavy atom. The first-order chi connectivity index (χ1) is 7.16. The number of thiophene rings is 1. The van der Waals surface area contributed by atoms with E-state index in [4.69, 9.17) is 5.73 Å². The zero-order chi connectivity index (χ0) is 10.8. The normalized spacial score (nSPS) is 12.7. The van der Waals surface area contributed by atoms with Crippen molar-refractivity contribution in [3.8, 4) is 0 Å². The molecule has 0 aliphatic carbocycles. The van der Waals surface area contributed by atoms with Crippen LogP contribution in [0.2, 0.25) is 0 Å². The van der Waals surface area contributed by atoms with Crippen molar-refractivity contribution in [1.29, 1.82) is 0 Å². The Kier molecular flexibility index (Phi) is 3.32. The molecule has 2 rings (SSSR count). The van der Waals surface area contributed by atoms with Crippen molar-refractivity contribution in [2.24, 2.45) is 5.73 Å². The molecule has 2 N–H and O–H groups in total. The van der Waals surface area contributed by atoms with Crippen LogP contribution in [-0.2, 0) is 0 Å². The molecule has 1 unspecified atom stereocenters. The Morgan fingerprint density at radius 1 is 1.33 bits per heavy atom. The molecule has 0 aliphatic rings. The molecule has 0 spiro atoms. The molecule has 0 aromatic carbocycles. The predicted molar refractivity (Wildman–Crippen MR) is 67.3 cm³/mol. The predicted octanol–water partition coefficient (Wildman–Crippen LogP) is 2.93. The van der Waals surface area contributed by atoms with Gasteiger partial charge in [-0.2, -0.15) is 0 Å². The van der Waals surface area contributed by atoms with Crippen LogP contribution in [0.3, 0.4) is 0 Å². The van der Waals surface area contributed by atoms with E-state index in [9.17, 15) is 4.39 Å². The highest BCUT2D eigenvalue weighted by molar-refractivity contribution is 14.1. The van der Waals surface area contributed by atoms with E-state index in [0.717, 1.165) is 5.56 Å². The summed E-state index contributed by atoms with van der Waals surface area (Å²) >= 11 is 3.86. The van der Waals surface area contributed by atoms with Gasteiger partial charge in [-0.05, 0) is 51.2 Å². The summed E-state index contributed by atoms with van der Waals surface area (Å²) in [4.78, 5) is 3.78. The van der Waals surface area contributed by atoms with Gasteiger partial charge in [-0.25, -0.2) is 4.39 Å². The lowest BCUT2D eigenvalue weighted by molar-refractivity contribution is 0.616. The third-order valence-electron chi connectivity index (χ3n) is 2.03. The largest absolute Gasteiger partial charge is 0.320 e. The smallest absolute Gasteiger partial charge is 0.141 e. The number of halogens is 2. The zero-order valence-corrected chi connectivity index (χ0v) is 10.6. The van der Waals surface area contributed by atoms with Gasteiger partial charge in [0, 0.05) is 6.20 Å². The molecule has 2 aromatic heterocycles. The Balaban J connectivity index is 2.32. The molecule has 1 atom stereocenters. The number of rotatable bonds is 2. The van der Waals surface area contributed by atoms with Crippen molar-refractivity contribution in [2.45, 2.75) is 6.04 Å². The van der Waals surface area contributed by atoms with Crippen molar-refractivity contribution in [3.05, 3.63) is 49.7 Å². The minimum Gasteiger partial charge on any atom is -0.320 e. The molecule has 0 amide bonds. The van der Waals surface area contributed by atoms with Crippen LogP contribution < -0.4 is 5.73 Å². The van der Waals surface area contributed by atoms with Gasteiger partial charge in [0.15, 0.2) is 0 Å². The van der Waals surface area contributed by atoms with Crippen LogP contribution in [0.1, 0.15) is 17.2 Å². The summed E-state index contributed by atoms with van der Waals surface area (Å²) in [6.07, 6.45) is 2.77. The van der Waals surface area contributed by atoms with Gasteiger partial charge in [0.2, 0.25) is 0 Å². The Labute approximate surface area is 104 Å². The monoisotopic (exact) mass is 334 g/mol. The molecule has 0 radical (unpaired) electrons. The highest BCUT2D eigenvalue weighted by atomic mass is 127. The highest BCUT2D eigenvalue weighted by Gasteiger charge is 2.11. The highest BCUT2D eigenvalue weighted by Crippen LogP contribution is 2.25. The number of hydrogen-bond donors (Lipinski definition) is 1. The molecule has 2 aromatic rings.